The van der Waals surface area contributed by atoms with E-state index in [1.54, 1.807) is 6.07 Å². The molecule has 1 aliphatic heterocycles. The number of hydrogen-bond donors (Lipinski definition) is 0. The fourth-order valence-corrected chi connectivity index (χ4v) is 5.54. The van der Waals surface area contributed by atoms with Crippen molar-refractivity contribution < 1.29 is 36.6 Å². The van der Waals surface area contributed by atoms with E-state index < -0.39 is 25.6 Å². The van der Waals surface area contributed by atoms with Crippen LogP contribution in [0.5, 0.6) is 11.5 Å². The summed E-state index contributed by atoms with van der Waals surface area (Å²) in [7, 11) is -1.37. The highest BCUT2D eigenvalue weighted by Gasteiger charge is 2.36. The third-order valence-electron chi connectivity index (χ3n) is 7.15. The van der Waals surface area contributed by atoms with E-state index in [1.165, 1.54) is 29.0 Å². The van der Waals surface area contributed by atoms with E-state index in [4.69, 9.17) is 14.2 Å². The lowest BCUT2D eigenvalue weighted by Gasteiger charge is -2.26. The maximum absolute atomic E-state index is 15.0. The average Bonchev–Trinajstić information content (AvgIpc) is 3.31. The molecule has 0 N–H and O–H groups in total. The Morgan fingerprint density at radius 3 is 2.55 bits per heavy atom. The Morgan fingerprint density at radius 2 is 1.86 bits per heavy atom. The van der Waals surface area contributed by atoms with Crippen molar-refractivity contribution >= 4 is 24.9 Å². The van der Waals surface area contributed by atoms with Crippen LogP contribution in [0, 0.1) is 5.82 Å². The van der Waals surface area contributed by atoms with Crippen molar-refractivity contribution in [3.63, 3.8) is 0 Å². The number of fused-ring (bicyclic) bond motifs is 1. The highest BCUT2D eigenvalue weighted by molar-refractivity contribution is 6.76. The Morgan fingerprint density at radius 1 is 1.10 bits per heavy atom. The standard InChI is InChI=1S/C30H39F4N3O4Si/c1-42(2,3)17-16-40-21-37-20-24(30(32,33)34)28-27(9-10-35-29(28)37)41-26-8-7-22(19-25(26)31)18-23(38)6-4-5-11-36-12-14-39-15-13-36/h7-10,19-20H,4-6,11-18,21H2,1-3H3. The van der Waals surface area contributed by atoms with Crippen molar-refractivity contribution in [2.24, 2.45) is 0 Å². The zero-order valence-corrected chi connectivity index (χ0v) is 25.4. The topological polar surface area (TPSA) is 65.8 Å². The minimum Gasteiger partial charge on any atom is -0.453 e. The number of alkyl halides is 3. The maximum atomic E-state index is 15.0. The molecule has 0 spiro atoms. The van der Waals surface area contributed by atoms with Crippen molar-refractivity contribution in [1.29, 1.82) is 0 Å². The molecule has 0 bridgehead atoms. The Labute approximate surface area is 244 Å². The number of Topliss-reactive ketones (excluding diaryl/α,β-unsaturated/α-hetero) is 1. The minimum atomic E-state index is -4.69. The van der Waals surface area contributed by atoms with Crippen molar-refractivity contribution in [3.8, 4) is 11.5 Å². The smallest absolute Gasteiger partial charge is 0.418 e. The first kappa shape index (κ1) is 32.1. The van der Waals surface area contributed by atoms with Crippen molar-refractivity contribution in [1.82, 2.24) is 14.5 Å². The zero-order chi connectivity index (χ0) is 30.3. The Kier molecular flexibility index (Phi) is 10.8. The van der Waals surface area contributed by atoms with E-state index in [9.17, 15) is 18.0 Å². The van der Waals surface area contributed by atoms with E-state index in [0.29, 0.717) is 18.6 Å². The molecule has 3 heterocycles. The number of aromatic nitrogens is 2. The van der Waals surface area contributed by atoms with Crippen LogP contribution in [0.3, 0.4) is 0 Å². The van der Waals surface area contributed by atoms with Gasteiger partial charge in [0.1, 0.15) is 23.9 Å². The van der Waals surface area contributed by atoms with Gasteiger partial charge in [-0.15, -0.1) is 0 Å². The van der Waals surface area contributed by atoms with Gasteiger partial charge in [0, 0.05) is 53.0 Å². The van der Waals surface area contributed by atoms with Crippen molar-refractivity contribution in [3.05, 3.63) is 53.6 Å². The van der Waals surface area contributed by atoms with Crippen LogP contribution in [0.2, 0.25) is 25.7 Å². The van der Waals surface area contributed by atoms with Gasteiger partial charge in [-0.2, -0.15) is 13.2 Å². The summed E-state index contributed by atoms with van der Waals surface area (Å²) in [4.78, 5) is 18.9. The van der Waals surface area contributed by atoms with Gasteiger partial charge in [-0.1, -0.05) is 25.7 Å². The minimum absolute atomic E-state index is 0.00381. The van der Waals surface area contributed by atoms with Crippen molar-refractivity contribution in [2.75, 3.05) is 39.5 Å². The van der Waals surface area contributed by atoms with E-state index in [0.717, 1.165) is 57.9 Å². The molecule has 1 aromatic carbocycles. The van der Waals surface area contributed by atoms with Crippen LogP contribution in [-0.4, -0.2) is 67.8 Å². The number of hydrogen-bond acceptors (Lipinski definition) is 6. The number of halogens is 4. The fraction of sp³-hybridized carbons (Fsp3) is 0.533. The number of pyridine rings is 1. The lowest BCUT2D eigenvalue weighted by atomic mass is 10.0. The van der Waals surface area contributed by atoms with Gasteiger partial charge in [0.25, 0.3) is 0 Å². The third-order valence-corrected chi connectivity index (χ3v) is 8.86. The molecule has 12 heteroatoms. The Balaban J connectivity index is 1.41. The van der Waals surface area contributed by atoms with Crippen LogP contribution in [0.15, 0.2) is 36.7 Å². The van der Waals surface area contributed by atoms with Crippen LogP contribution in [-0.2, 0) is 33.6 Å². The molecule has 42 heavy (non-hydrogen) atoms. The largest absolute Gasteiger partial charge is 0.453 e. The number of carbonyl (C=O) groups excluding carboxylic acids is 1. The molecule has 0 amide bonds. The Bertz CT molecular complexity index is 1350. The molecule has 1 fully saturated rings. The number of carbonyl (C=O) groups is 1. The number of benzene rings is 1. The zero-order valence-electron chi connectivity index (χ0n) is 24.4. The van der Waals surface area contributed by atoms with Crippen molar-refractivity contribution in [2.45, 2.75) is 64.3 Å². The second-order valence-corrected chi connectivity index (χ2v) is 17.5. The molecule has 0 radical (unpaired) electrons. The van der Waals surface area contributed by atoms with Crippen LogP contribution >= 0.6 is 0 Å². The fourth-order valence-electron chi connectivity index (χ4n) is 4.78. The molecule has 0 unspecified atom stereocenters. The van der Waals surface area contributed by atoms with E-state index in [-0.39, 0.29) is 41.5 Å². The number of ether oxygens (including phenoxy) is 3. The lowest BCUT2D eigenvalue weighted by Crippen LogP contribution is -2.36. The first-order chi connectivity index (χ1) is 19.9. The lowest BCUT2D eigenvalue weighted by molar-refractivity contribution is -0.136. The van der Waals surface area contributed by atoms with Gasteiger partial charge in [0.2, 0.25) is 0 Å². The predicted octanol–water partition coefficient (Wildman–Crippen LogP) is 6.91. The molecule has 3 aromatic rings. The molecule has 2 aromatic heterocycles. The van der Waals surface area contributed by atoms with Gasteiger partial charge >= 0.3 is 6.18 Å². The van der Waals surface area contributed by atoms with Crippen LogP contribution in [0.1, 0.15) is 30.4 Å². The summed E-state index contributed by atoms with van der Waals surface area (Å²) in [5.74, 6) is -1.17. The normalized spacial score (nSPS) is 14.9. The summed E-state index contributed by atoms with van der Waals surface area (Å²) in [5.41, 5.74) is -0.426. The molecule has 0 saturated carbocycles. The van der Waals surface area contributed by atoms with Gasteiger partial charge in [-0.25, -0.2) is 9.37 Å². The molecule has 1 aliphatic rings. The molecular weight excluding hydrogens is 570 g/mol. The van der Waals surface area contributed by atoms with E-state index >= 15 is 4.39 Å². The highest BCUT2D eigenvalue weighted by Crippen LogP contribution is 2.41. The molecule has 0 atom stereocenters. The second kappa shape index (κ2) is 14.1. The monoisotopic (exact) mass is 609 g/mol. The van der Waals surface area contributed by atoms with E-state index in [2.05, 4.69) is 29.5 Å². The van der Waals surface area contributed by atoms with Gasteiger partial charge < -0.3 is 18.8 Å². The SMILES string of the molecule is C[Si](C)(C)CCOCn1cc(C(F)(F)F)c2c(Oc3ccc(CC(=O)CCCCN4CCOCC4)cc3F)ccnc21. The second-order valence-electron chi connectivity index (χ2n) is 11.9. The van der Waals surface area contributed by atoms with Gasteiger partial charge in [-0.3, -0.25) is 9.69 Å². The predicted molar refractivity (Wildman–Crippen MR) is 155 cm³/mol. The summed E-state index contributed by atoms with van der Waals surface area (Å²) in [6, 6.07) is 6.25. The first-order valence-corrected chi connectivity index (χ1v) is 18.0. The molecule has 4 rings (SSSR count). The van der Waals surface area contributed by atoms with E-state index in [1.807, 2.05) is 0 Å². The summed E-state index contributed by atoms with van der Waals surface area (Å²) in [5, 5.41) is -0.269. The first-order valence-electron chi connectivity index (χ1n) is 14.3. The number of nitrogens with zero attached hydrogens (tertiary/aromatic N) is 3. The average molecular weight is 610 g/mol. The number of rotatable bonds is 14. The molecule has 230 valence electrons. The van der Waals surface area contributed by atoms with Crippen LogP contribution < -0.4 is 4.74 Å². The number of unbranched alkanes of at least 4 members (excludes halogenated alkanes) is 1. The molecule has 7 nitrogen and oxygen atoms in total. The molecule has 1 saturated heterocycles. The Hall–Kier alpha value is -2.80. The quantitative estimate of drug-likeness (QED) is 0.112. The summed E-state index contributed by atoms with van der Waals surface area (Å²) >= 11 is 0. The molecular formula is C30H39F4N3O4Si. The third kappa shape index (κ3) is 9.10. The number of morpholine rings is 1. The van der Waals surface area contributed by atoms with Gasteiger partial charge in [0.05, 0.1) is 24.2 Å². The summed E-state index contributed by atoms with van der Waals surface area (Å²) in [6.45, 7) is 11.1. The van der Waals surface area contributed by atoms with Gasteiger partial charge in [0.15, 0.2) is 11.6 Å². The van der Waals surface area contributed by atoms with Gasteiger partial charge in [-0.05, 0) is 49.2 Å². The van der Waals surface area contributed by atoms with Crippen LogP contribution in [0.25, 0.3) is 11.0 Å². The molecule has 0 aliphatic carbocycles. The summed E-state index contributed by atoms with van der Waals surface area (Å²) in [6.07, 6.45) is -0.285. The summed E-state index contributed by atoms with van der Waals surface area (Å²) < 4.78 is 75.0. The van der Waals surface area contributed by atoms with Crippen LogP contribution in [0.4, 0.5) is 17.6 Å². The highest BCUT2D eigenvalue weighted by atomic mass is 28.3. The maximum Gasteiger partial charge on any atom is 0.418 e. The number of ketones is 1.